The van der Waals surface area contributed by atoms with E-state index in [9.17, 15) is 34.8 Å². The molecule has 0 spiro atoms. The maximum absolute atomic E-state index is 13.9. The molecular formula is C32H37N3O8. The fourth-order valence-corrected chi connectivity index (χ4v) is 6.82. The fraction of sp³-hybridized carbons (Fsp3) is 0.406. The summed E-state index contributed by atoms with van der Waals surface area (Å²) < 4.78 is 5.84. The zero-order valence-corrected chi connectivity index (χ0v) is 24.6. The number of ether oxygens (including phenoxy) is 1. The van der Waals surface area contributed by atoms with Gasteiger partial charge in [-0.3, -0.25) is 19.3 Å². The first kappa shape index (κ1) is 30.3. The van der Waals surface area contributed by atoms with Crippen LogP contribution in [-0.2, 0) is 16.0 Å². The third kappa shape index (κ3) is 4.87. The summed E-state index contributed by atoms with van der Waals surface area (Å²) in [6, 6.07) is 9.51. The van der Waals surface area contributed by atoms with Crippen LogP contribution in [0.2, 0.25) is 0 Å². The number of aliphatic hydroxyl groups excluding tert-OH is 2. The molecule has 11 heteroatoms. The third-order valence-electron chi connectivity index (χ3n) is 8.79. The number of Topliss-reactive ketones (excluding diaryl/α,β-unsaturated/α-hetero) is 2. The van der Waals surface area contributed by atoms with Crippen LogP contribution in [-0.4, -0.2) is 101 Å². The molecule has 0 aromatic heterocycles. The molecule has 6 N–H and O–H groups in total. The molecule has 0 saturated carbocycles. The molecule has 0 heterocycles. The number of carbonyl (C=O) groups is 3. The first-order valence-electron chi connectivity index (χ1n) is 14.2. The SMILES string of the molecule is CN(C)CCCOc1ccc(-c2ccc(O)c3c2C[C@H]2C[C@H]4[C@H](N(C)C)C(O)=C(C(N)=O)C(=O)[C@@]4(O)C(O)=C2C3=O)cc1. The van der Waals surface area contributed by atoms with Crippen molar-refractivity contribution in [3.8, 4) is 22.6 Å². The lowest BCUT2D eigenvalue weighted by Gasteiger charge is -2.50. The minimum Gasteiger partial charge on any atom is -0.510 e. The maximum atomic E-state index is 13.9. The van der Waals surface area contributed by atoms with Gasteiger partial charge in [0.2, 0.25) is 5.78 Å². The predicted molar refractivity (Wildman–Crippen MR) is 158 cm³/mol. The lowest BCUT2D eigenvalue weighted by atomic mass is 9.58. The van der Waals surface area contributed by atoms with Gasteiger partial charge in [0.1, 0.15) is 28.6 Å². The molecule has 0 fully saturated rings. The summed E-state index contributed by atoms with van der Waals surface area (Å²) in [6.07, 6.45) is 1.11. The minimum absolute atomic E-state index is 0.0257. The molecule has 0 bridgehead atoms. The summed E-state index contributed by atoms with van der Waals surface area (Å²) in [7, 11) is 7.20. The molecular weight excluding hydrogens is 554 g/mol. The van der Waals surface area contributed by atoms with Crippen molar-refractivity contribution in [2.45, 2.75) is 30.9 Å². The van der Waals surface area contributed by atoms with Crippen molar-refractivity contribution in [1.82, 2.24) is 9.80 Å². The molecule has 2 aromatic rings. The summed E-state index contributed by atoms with van der Waals surface area (Å²) in [5.41, 5.74) is 3.75. The second-order valence-electron chi connectivity index (χ2n) is 12.0. The van der Waals surface area contributed by atoms with Crippen molar-refractivity contribution in [1.29, 1.82) is 0 Å². The van der Waals surface area contributed by atoms with Crippen molar-refractivity contribution >= 4 is 17.5 Å². The van der Waals surface area contributed by atoms with Crippen LogP contribution in [0.1, 0.15) is 28.8 Å². The van der Waals surface area contributed by atoms with Crippen molar-refractivity contribution in [3.05, 3.63) is 70.2 Å². The number of amides is 1. The van der Waals surface area contributed by atoms with Gasteiger partial charge in [-0.15, -0.1) is 0 Å². The van der Waals surface area contributed by atoms with Gasteiger partial charge < -0.3 is 35.8 Å². The molecule has 3 aliphatic carbocycles. The van der Waals surface area contributed by atoms with Crippen molar-refractivity contribution in [2.24, 2.45) is 17.6 Å². The number of phenolic OH excluding ortho intramolecular Hbond substituents is 1. The Morgan fingerprint density at radius 1 is 1.05 bits per heavy atom. The lowest BCUT2D eigenvalue weighted by molar-refractivity contribution is -0.148. The smallest absolute Gasteiger partial charge is 0.255 e. The van der Waals surface area contributed by atoms with Gasteiger partial charge in [0.25, 0.3) is 5.91 Å². The second kappa shape index (κ2) is 11.1. The summed E-state index contributed by atoms with van der Waals surface area (Å²) in [4.78, 5) is 43.1. The Hall–Kier alpha value is -4.19. The highest BCUT2D eigenvalue weighted by Crippen LogP contribution is 2.53. The number of rotatable bonds is 8. The Balaban J connectivity index is 1.55. The third-order valence-corrected chi connectivity index (χ3v) is 8.79. The number of nitrogens with two attached hydrogens (primary N) is 1. The number of aromatic hydroxyl groups is 1. The number of allylic oxidation sites excluding steroid dienone is 1. The van der Waals surface area contributed by atoms with Gasteiger partial charge in [-0.1, -0.05) is 18.2 Å². The first-order chi connectivity index (χ1) is 20.3. The van der Waals surface area contributed by atoms with Crippen molar-refractivity contribution in [2.75, 3.05) is 41.3 Å². The number of primary amides is 1. The van der Waals surface area contributed by atoms with E-state index in [0.29, 0.717) is 23.5 Å². The quantitative estimate of drug-likeness (QED) is 0.226. The largest absolute Gasteiger partial charge is 0.510 e. The standard InChI is InChI=1S/C32H37N3O8/c1-34(2)12-5-13-43-18-8-6-16(7-9-18)19-10-11-22(36)24-20(19)14-17-15-21-26(35(3)4)28(38)25(31(33)41)30(40)32(21,42)29(39)23(17)27(24)37/h6-11,17,21,26,36,38-39,42H,5,12-15H2,1-4H3,(H2,33,41)/t17-,21-,26-,32-/m0/s1. The van der Waals surface area contributed by atoms with Crippen LogP contribution in [0.4, 0.5) is 0 Å². The molecule has 4 atom stereocenters. The summed E-state index contributed by atoms with van der Waals surface area (Å²) >= 11 is 0. The highest BCUT2D eigenvalue weighted by atomic mass is 16.5. The van der Waals surface area contributed by atoms with E-state index in [4.69, 9.17) is 10.5 Å². The van der Waals surface area contributed by atoms with Crippen LogP contribution in [0.5, 0.6) is 11.5 Å². The maximum Gasteiger partial charge on any atom is 0.255 e. The number of nitrogens with zero attached hydrogens (tertiary/aromatic N) is 2. The molecule has 0 saturated heterocycles. The van der Waals surface area contributed by atoms with Crippen LogP contribution in [0, 0.1) is 11.8 Å². The van der Waals surface area contributed by atoms with E-state index >= 15 is 0 Å². The summed E-state index contributed by atoms with van der Waals surface area (Å²) in [6.45, 7) is 1.47. The Labute approximate surface area is 249 Å². The van der Waals surface area contributed by atoms with Crippen LogP contribution in [0.15, 0.2) is 59.1 Å². The van der Waals surface area contributed by atoms with Gasteiger partial charge in [-0.2, -0.15) is 0 Å². The van der Waals surface area contributed by atoms with Gasteiger partial charge in [-0.05, 0) is 88.3 Å². The molecule has 228 valence electrons. The number of fused-ring (bicyclic) bond motifs is 3. The van der Waals surface area contributed by atoms with Gasteiger partial charge in [0, 0.05) is 18.0 Å². The first-order valence-corrected chi connectivity index (χ1v) is 14.2. The zero-order valence-electron chi connectivity index (χ0n) is 24.6. The molecule has 1 amide bonds. The van der Waals surface area contributed by atoms with Crippen LogP contribution < -0.4 is 10.5 Å². The summed E-state index contributed by atoms with van der Waals surface area (Å²) in [5, 5.41) is 44.9. The van der Waals surface area contributed by atoms with E-state index in [-0.39, 0.29) is 29.7 Å². The van der Waals surface area contributed by atoms with Crippen LogP contribution in [0.25, 0.3) is 11.1 Å². The zero-order chi connectivity index (χ0) is 31.4. The highest BCUT2D eigenvalue weighted by molar-refractivity contribution is 6.24. The number of ketones is 2. The van der Waals surface area contributed by atoms with E-state index in [1.807, 2.05) is 38.4 Å². The molecule has 5 rings (SSSR count). The van der Waals surface area contributed by atoms with Crippen molar-refractivity contribution < 1.29 is 39.5 Å². The number of hydrogen-bond acceptors (Lipinski definition) is 10. The molecule has 0 radical (unpaired) electrons. The molecule has 3 aliphatic rings. The second-order valence-corrected chi connectivity index (χ2v) is 12.0. The number of carbonyl (C=O) groups excluding carboxylic acids is 3. The van der Waals surface area contributed by atoms with E-state index < -0.39 is 58.0 Å². The molecule has 43 heavy (non-hydrogen) atoms. The predicted octanol–water partition coefficient (Wildman–Crippen LogP) is 2.12. The van der Waals surface area contributed by atoms with Gasteiger partial charge >= 0.3 is 0 Å². The van der Waals surface area contributed by atoms with E-state index in [1.165, 1.54) is 11.0 Å². The van der Waals surface area contributed by atoms with Gasteiger partial charge in [0.05, 0.1) is 18.2 Å². The fourth-order valence-electron chi connectivity index (χ4n) is 6.82. The van der Waals surface area contributed by atoms with Crippen LogP contribution in [0.3, 0.4) is 0 Å². The molecule has 11 nitrogen and oxygen atoms in total. The highest BCUT2D eigenvalue weighted by Gasteiger charge is 2.63. The monoisotopic (exact) mass is 591 g/mol. The van der Waals surface area contributed by atoms with Crippen molar-refractivity contribution in [3.63, 3.8) is 0 Å². The molecule has 2 aromatic carbocycles. The number of hydrogen-bond donors (Lipinski definition) is 5. The lowest BCUT2D eigenvalue weighted by Crippen LogP contribution is -2.63. The number of phenols is 1. The van der Waals surface area contributed by atoms with Gasteiger partial charge in [-0.25, -0.2) is 0 Å². The average Bonchev–Trinajstić information content (AvgIpc) is 2.93. The number of benzene rings is 2. The van der Waals surface area contributed by atoms with E-state index in [1.54, 1.807) is 20.2 Å². The summed E-state index contributed by atoms with van der Waals surface area (Å²) in [5.74, 6) is -6.04. The number of likely N-dealkylation sites (N-methyl/N-ethyl adjacent to an activating group) is 1. The molecule has 0 unspecified atom stereocenters. The Morgan fingerprint density at radius 3 is 2.33 bits per heavy atom. The van der Waals surface area contributed by atoms with E-state index in [0.717, 1.165) is 18.5 Å². The molecule has 0 aliphatic heterocycles. The minimum atomic E-state index is -2.67. The normalized spacial score (nSPS) is 25.1. The average molecular weight is 592 g/mol. The topological polar surface area (TPSA) is 174 Å². The Morgan fingerprint density at radius 2 is 1.72 bits per heavy atom. The van der Waals surface area contributed by atoms with Gasteiger partial charge in [0.15, 0.2) is 11.4 Å². The van der Waals surface area contributed by atoms with Crippen LogP contribution >= 0.6 is 0 Å². The Kier molecular flexibility index (Phi) is 7.84. The Bertz CT molecular complexity index is 1560. The van der Waals surface area contributed by atoms with E-state index in [2.05, 4.69) is 4.90 Å². The number of aliphatic hydroxyl groups is 3.